The molecule has 2 nitrogen and oxygen atoms in total. The molecule has 1 fully saturated rings. The minimum absolute atomic E-state index is 0.220. The average molecular weight is 385 g/mol. The molecule has 1 saturated heterocycles. The molecule has 146 valence electrons. The number of aryl methyl sites for hydroxylation is 1. The van der Waals surface area contributed by atoms with Gasteiger partial charge in [0.05, 0.1) is 5.56 Å². The summed E-state index contributed by atoms with van der Waals surface area (Å²) >= 11 is 0. The molecular weight excluding hydrogens is 361 g/mol. The summed E-state index contributed by atoms with van der Waals surface area (Å²) in [6.45, 7) is 5.13. The van der Waals surface area contributed by atoms with Crippen molar-refractivity contribution in [3.63, 3.8) is 0 Å². The second-order valence-corrected chi connectivity index (χ2v) is 8.09. The van der Waals surface area contributed by atoms with Gasteiger partial charge in [-0.1, -0.05) is 42.0 Å². The third-order valence-electron chi connectivity index (χ3n) is 5.76. The fourth-order valence-corrected chi connectivity index (χ4v) is 3.93. The minimum atomic E-state index is -0.220. The number of hydrogen-bond acceptors (Lipinski definition) is 2. The summed E-state index contributed by atoms with van der Waals surface area (Å²) in [5.74, 6) is 0.363. The molecule has 4 aromatic rings. The van der Waals surface area contributed by atoms with Crippen molar-refractivity contribution in [1.82, 2.24) is 4.90 Å². The van der Waals surface area contributed by atoms with Crippen LogP contribution >= 0.6 is 0 Å². The molecule has 5 rings (SSSR count). The van der Waals surface area contributed by atoms with Gasteiger partial charge in [0.1, 0.15) is 17.2 Å². The highest BCUT2D eigenvalue weighted by Gasteiger charge is 2.16. The van der Waals surface area contributed by atoms with Crippen LogP contribution in [-0.4, -0.2) is 18.0 Å². The topological polar surface area (TPSA) is 16.4 Å². The highest BCUT2D eigenvalue weighted by atomic mass is 19.1. The lowest BCUT2D eigenvalue weighted by molar-refractivity contribution is 0.172. The lowest BCUT2D eigenvalue weighted by Crippen LogP contribution is -2.36. The van der Waals surface area contributed by atoms with E-state index < -0.39 is 0 Å². The van der Waals surface area contributed by atoms with E-state index >= 15 is 0 Å². The van der Waals surface area contributed by atoms with Crippen molar-refractivity contribution in [3.05, 3.63) is 94.8 Å². The van der Waals surface area contributed by atoms with E-state index in [0.717, 1.165) is 42.6 Å². The van der Waals surface area contributed by atoms with Crippen LogP contribution in [0, 0.1) is 12.7 Å². The highest BCUT2D eigenvalue weighted by Crippen LogP contribution is 2.31. The number of furan rings is 1. The zero-order valence-electron chi connectivity index (χ0n) is 16.6. The lowest BCUT2D eigenvalue weighted by atomic mass is 10.0. The fourth-order valence-electron chi connectivity index (χ4n) is 3.93. The Bertz CT molecular complexity index is 1160. The maximum atomic E-state index is 14.8. The molecule has 1 aliphatic rings. The second-order valence-electron chi connectivity index (χ2n) is 8.09. The molecule has 0 unspecified atom stereocenters. The van der Waals surface area contributed by atoms with Crippen LogP contribution in [0.15, 0.2) is 71.1 Å². The predicted molar refractivity (Wildman–Crippen MR) is 115 cm³/mol. The van der Waals surface area contributed by atoms with E-state index in [1.54, 1.807) is 6.07 Å². The monoisotopic (exact) mass is 385 g/mol. The number of likely N-dealkylation sites (tertiary alicyclic amines) is 1. The standard InChI is InChI=1S/C26H24FNO/c1-18-3-5-19(6-4-18)13-20-8-10-25-22(14-20)16-26(29-25)23-9-7-21(15-24(23)27)17-28-11-2-12-28/h3-10,14-16H,2,11-13,17H2,1H3. The Morgan fingerprint density at radius 3 is 2.34 bits per heavy atom. The third-order valence-corrected chi connectivity index (χ3v) is 5.76. The van der Waals surface area contributed by atoms with E-state index in [9.17, 15) is 4.39 Å². The van der Waals surface area contributed by atoms with Crippen LogP contribution < -0.4 is 0 Å². The summed E-state index contributed by atoms with van der Waals surface area (Å²) in [7, 11) is 0. The Hall–Kier alpha value is -2.91. The fraction of sp³-hybridized carbons (Fsp3) is 0.231. The first-order valence-electron chi connectivity index (χ1n) is 10.2. The van der Waals surface area contributed by atoms with E-state index in [4.69, 9.17) is 4.42 Å². The van der Waals surface area contributed by atoms with Gasteiger partial charge in [0.25, 0.3) is 0 Å². The smallest absolute Gasteiger partial charge is 0.138 e. The van der Waals surface area contributed by atoms with Crippen molar-refractivity contribution in [1.29, 1.82) is 0 Å². The Kier molecular flexibility index (Phi) is 4.69. The largest absolute Gasteiger partial charge is 0.456 e. The number of halogens is 1. The molecule has 2 heterocycles. The quantitative estimate of drug-likeness (QED) is 0.398. The Morgan fingerprint density at radius 2 is 1.62 bits per heavy atom. The van der Waals surface area contributed by atoms with Gasteiger partial charge < -0.3 is 4.42 Å². The molecule has 0 atom stereocenters. The summed E-state index contributed by atoms with van der Waals surface area (Å²) in [5, 5.41) is 1.01. The van der Waals surface area contributed by atoms with Crippen LogP contribution in [0.1, 0.15) is 28.7 Å². The van der Waals surface area contributed by atoms with Gasteiger partial charge in [0, 0.05) is 11.9 Å². The summed E-state index contributed by atoms with van der Waals surface area (Å²) in [6.07, 6.45) is 2.11. The SMILES string of the molecule is Cc1ccc(Cc2ccc3oc(-c4ccc(CN5CCC5)cc4F)cc3c2)cc1. The molecule has 0 saturated carbocycles. The molecule has 0 N–H and O–H groups in total. The van der Waals surface area contributed by atoms with E-state index in [-0.39, 0.29) is 5.82 Å². The normalized spacial score (nSPS) is 14.3. The average Bonchev–Trinajstić information content (AvgIpc) is 3.09. The zero-order chi connectivity index (χ0) is 19.8. The minimum Gasteiger partial charge on any atom is -0.456 e. The maximum absolute atomic E-state index is 14.8. The Balaban J connectivity index is 1.40. The number of nitrogens with zero attached hydrogens (tertiary/aromatic N) is 1. The summed E-state index contributed by atoms with van der Waals surface area (Å²) in [4.78, 5) is 2.32. The molecule has 3 aromatic carbocycles. The van der Waals surface area contributed by atoms with Crippen LogP contribution in [0.2, 0.25) is 0 Å². The molecule has 29 heavy (non-hydrogen) atoms. The zero-order valence-corrected chi connectivity index (χ0v) is 16.6. The first-order chi connectivity index (χ1) is 14.1. The molecule has 0 spiro atoms. The van der Waals surface area contributed by atoms with Crippen molar-refractivity contribution >= 4 is 11.0 Å². The first-order valence-corrected chi connectivity index (χ1v) is 10.2. The first kappa shape index (κ1) is 18.1. The van der Waals surface area contributed by atoms with Crippen LogP contribution in [0.25, 0.3) is 22.3 Å². The van der Waals surface area contributed by atoms with Crippen LogP contribution in [0.3, 0.4) is 0 Å². The molecule has 1 aliphatic heterocycles. The van der Waals surface area contributed by atoms with E-state index in [1.165, 1.54) is 23.1 Å². The predicted octanol–water partition coefficient (Wildman–Crippen LogP) is 6.34. The van der Waals surface area contributed by atoms with Crippen molar-refractivity contribution in [2.45, 2.75) is 26.3 Å². The molecule has 0 radical (unpaired) electrons. The molecule has 1 aromatic heterocycles. The van der Waals surface area contributed by atoms with E-state index in [1.807, 2.05) is 24.3 Å². The van der Waals surface area contributed by atoms with Crippen LogP contribution in [-0.2, 0) is 13.0 Å². The number of rotatable bonds is 5. The highest BCUT2D eigenvalue weighted by molar-refractivity contribution is 5.83. The summed E-state index contributed by atoms with van der Waals surface area (Å²) in [5.41, 5.74) is 6.09. The summed E-state index contributed by atoms with van der Waals surface area (Å²) in [6, 6.07) is 22.2. The van der Waals surface area contributed by atoms with Gasteiger partial charge in [-0.25, -0.2) is 4.39 Å². The van der Waals surface area contributed by atoms with Crippen molar-refractivity contribution < 1.29 is 8.81 Å². The van der Waals surface area contributed by atoms with Gasteiger partial charge in [-0.15, -0.1) is 0 Å². The van der Waals surface area contributed by atoms with Crippen LogP contribution in [0.4, 0.5) is 4.39 Å². The molecule has 0 amide bonds. The Morgan fingerprint density at radius 1 is 0.862 bits per heavy atom. The van der Waals surface area contributed by atoms with E-state index in [0.29, 0.717) is 11.3 Å². The van der Waals surface area contributed by atoms with E-state index in [2.05, 4.69) is 48.2 Å². The van der Waals surface area contributed by atoms with Gasteiger partial charge in [-0.05, 0) is 79.9 Å². The molecule has 0 bridgehead atoms. The van der Waals surface area contributed by atoms with Crippen molar-refractivity contribution in [3.8, 4) is 11.3 Å². The summed E-state index contributed by atoms with van der Waals surface area (Å²) < 4.78 is 20.7. The van der Waals surface area contributed by atoms with Gasteiger partial charge in [-0.2, -0.15) is 0 Å². The van der Waals surface area contributed by atoms with Crippen molar-refractivity contribution in [2.75, 3.05) is 13.1 Å². The molecular formula is C26H24FNO. The number of benzene rings is 3. The second kappa shape index (κ2) is 7.49. The number of fused-ring (bicyclic) bond motifs is 1. The van der Waals surface area contributed by atoms with Crippen LogP contribution in [0.5, 0.6) is 0 Å². The van der Waals surface area contributed by atoms with Gasteiger partial charge >= 0.3 is 0 Å². The Labute approximate surface area is 170 Å². The maximum Gasteiger partial charge on any atom is 0.138 e. The number of hydrogen-bond donors (Lipinski definition) is 0. The third kappa shape index (κ3) is 3.83. The molecule has 0 aliphatic carbocycles. The van der Waals surface area contributed by atoms with Gasteiger partial charge in [-0.3, -0.25) is 4.90 Å². The van der Waals surface area contributed by atoms with Gasteiger partial charge in [0.15, 0.2) is 0 Å². The molecule has 3 heteroatoms. The van der Waals surface area contributed by atoms with Crippen molar-refractivity contribution in [2.24, 2.45) is 0 Å². The van der Waals surface area contributed by atoms with Gasteiger partial charge in [0.2, 0.25) is 0 Å². The lowest BCUT2D eigenvalue weighted by Gasteiger charge is -2.30.